The number of nitrogens with one attached hydrogen (secondary N) is 2. The van der Waals surface area contributed by atoms with Gasteiger partial charge in [-0.3, -0.25) is 9.69 Å². The number of benzene rings is 1. The number of morpholine rings is 1. The van der Waals surface area contributed by atoms with Gasteiger partial charge in [0.2, 0.25) is 0 Å². The second kappa shape index (κ2) is 9.82. The molecule has 0 spiro atoms. The summed E-state index contributed by atoms with van der Waals surface area (Å²) in [5.74, 6) is 0.845. The third kappa shape index (κ3) is 5.32. The van der Waals surface area contributed by atoms with Crippen molar-refractivity contribution in [2.45, 2.75) is 6.04 Å². The molecule has 4 rings (SSSR count). The fraction of sp³-hybridized carbons (Fsp3) is 0.455. The normalized spacial score (nSPS) is 20.4. The lowest BCUT2D eigenvalue weighted by atomic mass is 10.0. The molecule has 1 aromatic heterocycles. The van der Waals surface area contributed by atoms with E-state index in [1.54, 1.807) is 6.20 Å². The Morgan fingerprint density at radius 2 is 1.97 bits per heavy atom. The predicted molar refractivity (Wildman–Crippen MR) is 113 cm³/mol. The number of carbonyl (C=O) groups is 1. The molecule has 1 amide bonds. The Kier molecular flexibility index (Phi) is 6.71. The molecular formula is C22H29N5O2. The summed E-state index contributed by atoms with van der Waals surface area (Å²) in [4.78, 5) is 21.5. The van der Waals surface area contributed by atoms with Crippen LogP contribution in [-0.2, 0) is 4.74 Å². The monoisotopic (exact) mass is 395 g/mol. The lowest BCUT2D eigenvalue weighted by Crippen LogP contribution is -2.46. The number of piperazine rings is 1. The third-order valence-corrected chi connectivity index (χ3v) is 5.53. The van der Waals surface area contributed by atoms with Gasteiger partial charge in [0.05, 0.1) is 18.8 Å². The second-order valence-corrected chi connectivity index (χ2v) is 7.48. The first-order valence-corrected chi connectivity index (χ1v) is 10.4. The van der Waals surface area contributed by atoms with Crippen molar-refractivity contribution in [1.82, 2.24) is 20.5 Å². The zero-order valence-corrected chi connectivity index (χ0v) is 16.7. The number of hydrogen-bond acceptors (Lipinski definition) is 6. The lowest BCUT2D eigenvalue weighted by Gasteiger charge is -2.34. The van der Waals surface area contributed by atoms with Gasteiger partial charge in [0.15, 0.2) is 0 Å². The lowest BCUT2D eigenvalue weighted by molar-refractivity contribution is 0.0383. The molecule has 2 aliphatic rings. The van der Waals surface area contributed by atoms with Crippen molar-refractivity contribution >= 4 is 11.7 Å². The Morgan fingerprint density at radius 1 is 1.14 bits per heavy atom. The number of ether oxygens (including phenoxy) is 1. The molecule has 2 fully saturated rings. The van der Waals surface area contributed by atoms with E-state index in [0.717, 1.165) is 58.3 Å². The average molecular weight is 396 g/mol. The SMILES string of the molecule is O=C(NCCN1CCOCC1)c1ccc(N2CCN[C@H](c3ccccc3)C2)nc1. The van der Waals surface area contributed by atoms with Crippen LogP contribution in [0, 0.1) is 0 Å². The van der Waals surface area contributed by atoms with Crippen LogP contribution in [0.3, 0.4) is 0 Å². The van der Waals surface area contributed by atoms with Gasteiger partial charge in [-0.05, 0) is 17.7 Å². The zero-order valence-electron chi connectivity index (χ0n) is 16.7. The Hall–Kier alpha value is -2.48. The van der Waals surface area contributed by atoms with Crippen molar-refractivity contribution in [3.8, 4) is 0 Å². The predicted octanol–water partition coefficient (Wildman–Crippen LogP) is 1.29. The number of anilines is 1. The van der Waals surface area contributed by atoms with E-state index in [4.69, 9.17) is 4.74 Å². The van der Waals surface area contributed by atoms with Crippen molar-refractivity contribution in [2.75, 3.05) is 63.9 Å². The third-order valence-electron chi connectivity index (χ3n) is 5.53. The summed E-state index contributed by atoms with van der Waals surface area (Å²) in [6.07, 6.45) is 1.68. The van der Waals surface area contributed by atoms with E-state index in [0.29, 0.717) is 12.1 Å². The fourth-order valence-corrected chi connectivity index (χ4v) is 3.83. The van der Waals surface area contributed by atoms with Crippen LogP contribution >= 0.6 is 0 Å². The highest BCUT2D eigenvalue weighted by atomic mass is 16.5. The molecule has 1 aromatic carbocycles. The number of aromatic nitrogens is 1. The van der Waals surface area contributed by atoms with Crippen molar-refractivity contribution < 1.29 is 9.53 Å². The first-order chi connectivity index (χ1) is 14.3. The molecule has 2 N–H and O–H groups in total. The van der Waals surface area contributed by atoms with Gasteiger partial charge in [-0.1, -0.05) is 30.3 Å². The molecule has 0 unspecified atom stereocenters. The zero-order chi connectivity index (χ0) is 19.9. The number of carbonyl (C=O) groups excluding carboxylic acids is 1. The Labute approximate surface area is 172 Å². The summed E-state index contributed by atoms with van der Waals surface area (Å²) in [7, 11) is 0. The van der Waals surface area contributed by atoms with Gasteiger partial charge in [0.1, 0.15) is 5.82 Å². The van der Waals surface area contributed by atoms with E-state index in [1.165, 1.54) is 5.56 Å². The maximum Gasteiger partial charge on any atom is 0.252 e. The van der Waals surface area contributed by atoms with E-state index in [2.05, 4.69) is 49.7 Å². The van der Waals surface area contributed by atoms with Gasteiger partial charge in [-0.15, -0.1) is 0 Å². The molecule has 0 bridgehead atoms. The van der Waals surface area contributed by atoms with Crippen LogP contribution in [0.1, 0.15) is 22.0 Å². The molecule has 29 heavy (non-hydrogen) atoms. The van der Waals surface area contributed by atoms with Crippen LogP contribution < -0.4 is 15.5 Å². The molecule has 7 heteroatoms. The average Bonchev–Trinajstić information content (AvgIpc) is 2.80. The number of amides is 1. The minimum Gasteiger partial charge on any atom is -0.379 e. The van der Waals surface area contributed by atoms with Crippen molar-refractivity contribution in [3.05, 3.63) is 59.8 Å². The van der Waals surface area contributed by atoms with Crippen LogP contribution in [0.25, 0.3) is 0 Å². The van der Waals surface area contributed by atoms with Gasteiger partial charge in [0, 0.05) is 58.1 Å². The molecule has 2 saturated heterocycles. The number of pyridine rings is 1. The molecule has 3 heterocycles. The van der Waals surface area contributed by atoms with Crippen LogP contribution in [0.5, 0.6) is 0 Å². The molecule has 154 valence electrons. The van der Waals surface area contributed by atoms with Crippen LogP contribution in [0.4, 0.5) is 5.82 Å². The first-order valence-electron chi connectivity index (χ1n) is 10.4. The van der Waals surface area contributed by atoms with Crippen molar-refractivity contribution in [3.63, 3.8) is 0 Å². The highest BCUT2D eigenvalue weighted by Crippen LogP contribution is 2.21. The summed E-state index contributed by atoms with van der Waals surface area (Å²) in [5, 5.41) is 6.56. The van der Waals surface area contributed by atoms with Gasteiger partial charge in [-0.2, -0.15) is 0 Å². The highest BCUT2D eigenvalue weighted by molar-refractivity contribution is 5.94. The minimum absolute atomic E-state index is 0.0696. The molecule has 7 nitrogen and oxygen atoms in total. The van der Waals surface area contributed by atoms with Crippen LogP contribution in [0.2, 0.25) is 0 Å². The standard InChI is InChI=1S/C22H29N5O2/c28-22(24-8-10-26-12-14-29-15-13-26)19-6-7-21(25-16-19)27-11-9-23-20(17-27)18-4-2-1-3-5-18/h1-7,16,20,23H,8-15,17H2,(H,24,28)/t20-/m0/s1. The molecule has 0 radical (unpaired) electrons. The largest absolute Gasteiger partial charge is 0.379 e. The van der Waals surface area contributed by atoms with Gasteiger partial charge in [-0.25, -0.2) is 4.98 Å². The second-order valence-electron chi connectivity index (χ2n) is 7.48. The van der Waals surface area contributed by atoms with Crippen LogP contribution in [-0.4, -0.2) is 74.8 Å². The summed E-state index contributed by atoms with van der Waals surface area (Å²) in [5.41, 5.74) is 1.89. The van der Waals surface area contributed by atoms with Gasteiger partial charge < -0.3 is 20.3 Å². The van der Waals surface area contributed by atoms with E-state index in [9.17, 15) is 4.79 Å². The Balaban J connectivity index is 1.29. The summed E-state index contributed by atoms with van der Waals surface area (Å²) in [6.45, 7) is 7.57. The summed E-state index contributed by atoms with van der Waals surface area (Å²) < 4.78 is 5.34. The van der Waals surface area contributed by atoms with Crippen LogP contribution in [0.15, 0.2) is 48.7 Å². The van der Waals surface area contributed by atoms with Gasteiger partial charge >= 0.3 is 0 Å². The number of rotatable bonds is 6. The van der Waals surface area contributed by atoms with E-state index in [-0.39, 0.29) is 11.9 Å². The Morgan fingerprint density at radius 3 is 2.72 bits per heavy atom. The summed E-state index contributed by atoms with van der Waals surface area (Å²) >= 11 is 0. The Bertz CT molecular complexity index is 778. The molecule has 0 saturated carbocycles. The maximum absolute atomic E-state index is 12.4. The fourth-order valence-electron chi connectivity index (χ4n) is 3.83. The molecule has 2 aliphatic heterocycles. The summed E-state index contributed by atoms with van der Waals surface area (Å²) in [6, 6.07) is 14.6. The molecular weight excluding hydrogens is 366 g/mol. The molecule has 2 aromatic rings. The van der Waals surface area contributed by atoms with Crippen molar-refractivity contribution in [1.29, 1.82) is 0 Å². The first kappa shape index (κ1) is 19.8. The molecule has 0 aliphatic carbocycles. The van der Waals surface area contributed by atoms with E-state index >= 15 is 0 Å². The minimum atomic E-state index is -0.0696. The smallest absolute Gasteiger partial charge is 0.252 e. The number of hydrogen-bond donors (Lipinski definition) is 2. The van der Waals surface area contributed by atoms with E-state index in [1.807, 2.05) is 18.2 Å². The van der Waals surface area contributed by atoms with Crippen molar-refractivity contribution in [2.24, 2.45) is 0 Å². The topological polar surface area (TPSA) is 69.7 Å². The highest BCUT2D eigenvalue weighted by Gasteiger charge is 2.21. The molecule has 1 atom stereocenters. The van der Waals surface area contributed by atoms with Gasteiger partial charge in [0.25, 0.3) is 5.91 Å². The maximum atomic E-state index is 12.4. The number of nitrogens with zero attached hydrogens (tertiary/aromatic N) is 3. The quantitative estimate of drug-likeness (QED) is 0.768. The van der Waals surface area contributed by atoms with E-state index < -0.39 is 0 Å².